The highest BCUT2D eigenvalue weighted by atomic mass is 16.5. The fraction of sp³-hybridized carbons (Fsp3) is 0.500. The zero-order chi connectivity index (χ0) is 32.7. The summed E-state index contributed by atoms with van der Waals surface area (Å²) in [7, 11) is 0. The molecule has 0 unspecified atom stereocenters. The minimum absolute atomic E-state index is 0.109. The van der Waals surface area contributed by atoms with Crippen LogP contribution in [0.4, 0.5) is 5.69 Å². The molecule has 3 aliphatic rings. The standard InChI is InChI=1S/C38H48N2O5/c1-9-15-40-27-18-37(5,6)20-29(41)35(27)34(36-28(40)19-38(7,8)21-30(36)42)25-12-14-31(32(17-25)44-10-2)45-22-33(43)39-26-13-11-23(3)24(4)16-26/h11-14,16-17,34H,9-10,15,18-22H2,1-8H3,(H,39,43). The highest BCUT2D eigenvalue weighted by Crippen LogP contribution is 2.55. The van der Waals surface area contributed by atoms with Gasteiger partial charge in [-0.25, -0.2) is 0 Å². The Labute approximate surface area is 268 Å². The van der Waals surface area contributed by atoms with Gasteiger partial charge >= 0.3 is 0 Å². The van der Waals surface area contributed by atoms with Gasteiger partial charge in [-0.15, -0.1) is 0 Å². The van der Waals surface area contributed by atoms with E-state index in [2.05, 4.69) is 44.8 Å². The Kier molecular flexibility index (Phi) is 9.03. The molecule has 5 rings (SSSR count). The van der Waals surface area contributed by atoms with Crippen molar-refractivity contribution >= 4 is 23.2 Å². The van der Waals surface area contributed by atoms with Crippen LogP contribution in [0.1, 0.15) is 96.3 Å². The SMILES string of the molecule is CCCN1C2=C(C(=O)CC(C)(C)C2)C(c2ccc(OCC(=O)Nc3ccc(C)c(C)c3)c(OCC)c2)C2=C1CC(C)(C)CC2=O. The fourth-order valence-corrected chi connectivity index (χ4v) is 7.13. The van der Waals surface area contributed by atoms with Crippen molar-refractivity contribution in [3.8, 4) is 11.5 Å². The molecule has 0 radical (unpaired) electrons. The fourth-order valence-electron chi connectivity index (χ4n) is 7.13. The highest BCUT2D eigenvalue weighted by Gasteiger charge is 2.48. The molecule has 1 aliphatic heterocycles. The highest BCUT2D eigenvalue weighted by molar-refractivity contribution is 6.07. The average molecular weight is 613 g/mol. The Hall–Kier alpha value is -3.87. The summed E-state index contributed by atoms with van der Waals surface area (Å²) in [6.45, 7) is 17.7. The van der Waals surface area contributed by atoms with Crippen LogP contribution in [0.15, 0.2) is 58.9 Å². The first-order valence-corrected chi connectivity index (χ1v) is 16.3. The first kappa shape index (κ1) is 32.5. The lowest BCUT2D eigenvalue weighted by Crippen LogP contribution is -2.44. The number of hydrogen-bond acceptors (Lipinski definition) is 6. The number of carbonyl (C=O) groups is 3. The van der Waals surface area contributed by atoms with Gasteiger partial charge in [0.05, 0.1) is 6.61 Å². The van der Waals surface area contributed by atoms with Gasteiger partial charge in [0.25, 0.3) is 5.91 Å². The van der Waals surface area contributed by atoms with E-state index in [1.807, 2.05) is 51.1 Å². The topological polar surface area (TPSA) is 84.9 Å². The first-order chi connectivity index (χ1) is 21.2. The van der Waals surface area contributed by atoms with Crippen LogP contribution in [-0.4, -0.2) is 42.1 Å². The molecule has 240 valence electrons. The predicted molar refractivity (Wildman–Crippen MR) is 177 cm³/mol. The summed E-state index contributed by atoms with van der Waals surface area (Å²) < 4.78 is 12.0. The van der Waals surface area contributed by atoms with Gasteiger partial charge in [0.1, 0.15) is 0 Å². The molecule has 1 amide bonds. The maximum atomic E-state index is 14.0. The molecule has 7 heteroatoms. The van der Waals surface area contributed by atoms with Gasteiger partial charge < -0.3 is 19.7 Å². The maximum Gasteiger partial charge on any atom is 0.262 e. The molecule has 2 aromatic rings. The summed E-state index contributed by atoms with van der Waals surface area (Å²) in [5.74, 6) is 0.409. The Bertz CT molecular complexity index is 1540. The zero-order valence-electron chi connectivity index (χ0n) is 28.2. The van der Waals surface area contributed by atoms with Gasteiger partial charge in [-0.2, -0.15) is 0 Å². The molecule has 0 aromatic heterocycles. The molecule has 2 aliphatic carbocycles. The summed E-state index contributed by atoms with van der Waals surface area (Å²) in [5.41, 5.74) is 7.11. The van der Waals surface area contributed by atoms with Crippen molar-refractivity contribution in [1.82, 2.24) is 4.90 Å². The number of benzene rings is 2. The Morgan fingerprint density at radius 1 is 0.822 bits per heavy atom. The van der Waals surface area contributed by atoms with Gasteiger partial charge in [0.2, 0.25) is 0 Å². The largest absolute Gasteiger partial charge is 0.490 e. The van der Waals surface area contributed by atoms with Crippen LogP contribution in [0.3, 0.4) is 0 Å². The van der Waals surface area contributed by atoms with E-state index in [9.17, 15) is 14.4 Å². The summed E-state index contributed by atoms with van der Waals surface area (Å²) in [6.07, 6.45) is 3.37. The maximum absolute atomic E-state index is 14.0. The molecule has 0 saturated heterocycles. The molecule has 0 bridgehead atoms. The number of allylic oxidation sites excluding steroid dienone is 4. The van der Waals surface area contributed by atoms with Crippen LogP contribution in [0.25, 0.3) is 0 Å². The lowest BCUT2D eigenvalue weighted by atomic mass is 9.63. The van der Waals surface area contributed by atoms with Crippen molar-refractivity contribution in [2.24, 2.45) is 10.8 Å². The van der Waals surface area contributed by atoms with Crippen molar-refractivity contribution in [2.75, 3.05) is 25.1 Å². The van der Waals surface area contributed by atoms with E-state index in [4.69, 9.17) is 9.47 Å². The van der Waals surface area contributed by atoms with Gasteiger partial charge in [0, 0.05) is 53.5 Å². The van der Waals surface area contributed by atoms with E-state index >= 15 is 0 Å². The van der Waals surface area contributed by atoms with E-state index < -0.39 is 5.92 Å². The van der Waals surface area contributed by atoms with Crippen LogP contribution in [0, 0.1) is 24.7 Å². The third-order valence-corrected chi connectivity index (χ3v) is 9.22. The summed E-state index contributed by atoms with van der Waals surface area (Å²) >= 11 is 0. The third kappa shape index (κ3) is 6.73. The quantitative estimate of drug-likeness (QED) is 0.311. The number of carbonyl (C=O) groups excluding carboxylic acids is 3. The van der Waals surface area contributed by atoms with E-state index in [0.29, 0.717) is 30.9 Å². The smallest absolute Gasteiger partial charge is 0.262 e. The molecule has 0 fully saturated rings. The number of aryl methyl sites for hydroxylation is 2. The van der Waals surface area contributed by atoms with Crippen molar-refractivity contribution in [3.63, 3.8) is 0 Å². The molecule has 0 atom stereocenters. The Morgan fingerprint density at radius 2 is 1.44 bits per heavy atom. The van der Waals surface area contributed by atoms with Crippen LogP contribution in [0.5, 0.6) is 11.5 Å². The molecule has 1 heterocycles. The predicted octanol–water partition coefficient (Wildman–Crippen LogP) is 7.82. The van der Waals surface area contributed by atoms with Crippen molar-refractivity contribution in [3.05, 3.63) is 75.6 Å². The van der Waals surface area contributed by atoms with E-state index in [0.717, 1.165) is 70.7 Å². The molecule has 0 spiro atoms. The summed E-state index contributed by atoms with van der Waals surface area (Å²) in [4.78, 5) is 43.1. The molecule has 2 aromatic carbocycles. The second-order valence-electron chi connectivity index (χ2n) is 14.5. The second kappa shape index (κ2) is 12.5. The number of ketones is 2. The normalized spacial score (nSPS) is 19.3. The van der Waals surface area contributed by atoms with Gasteiger partial charge in [-0.05, 0) is 91.8 Å². The van der Waals surface area contributed by atoms with Crippen molar-refractivity contribution in [2.45, 2.75) is 93.4 Å². The number of amides is 1. The number of rotatable bonds is 9. The number of Topliss-reactive ketones (excluding diaryl/α,β-unsaturated/α-hetero) is 2. The first-order valence-electron chi connectivity index (χ1n) is 16.3. The average Bonchev–Trinajstić information content (AvgIpc) is 2.94. The molecule has 1 N–H and O–H groups in total. The second-order valence-corrected chi connectivity index (χ2v) is 14.5. The number of nitrogens with zero attached hydrogens (tertiary/aromatic N) is 1. The van der Waals surface area contributed by atoms with Crippen LogP contribution < -0.4 is 14.8 Å². The number of hydrogen-bond donors (Lipinski definition) is 1. The lowest BCUT2D eigenvalue weighted by molar-refractivity contribution is -0.120. The minimum atomic E-state index is -0.461. The van der Waals surface area contributed by atoms with E-state index in [-0.39, 0.29) is 34.9 Å². The van der Waals surface area contributed by atoms with Gasteiger partial charge in [-0.3, -0.25) is 14.4 Å². The van der Waals surface area contributed by atoms with E-state index in [1.54, 1.807) is 6.07 Å². The van der Waals surface area contributed by atoms with Gasteiger partial charge in [0.15, 0.2) is 29.7 Å². The molecular weight excluding hydrogens is 564 g/mol. The molecule has 7 nitrogen and oxygen atoms in total. The molecule has 45 heavy (non-hydrogen) atoms. The van der Waals surface area contributed by atoms with Crippen LogP contribution >= 0.6 is 0 Å². The monoisotopic (exact) mass is 612 g/mol. The third-order valence-electron chi connectivity index (χ3n) is 9.22. The van der Waals surface area contributed by atoms with Crippen molar-refractivity contribution in [1.29, 1.82) is 0 Å². The van der Waals surface area contributed by atoms with Crippen LogP contribution in [-0.2, 0) is 14.4 Å². The molecule has 0 saturated carbocycles. The van der Waals surface area contributed by atoms with Gasteiger partial charge in [-0.1, -0.05) is 46.8 Å². The Morgan fingerprint density at radius 3 is 2.00 bits per heavy atom. The van der Waals surface area contributed by atoms with Crippen LogP contribution in [0.2, 0.25) is 0 Å². The van der Waals surface area contributed by atoms with E-state index in [1.165, 1.54) is 0 Å². The number of ether oxygens (including phenoxy) is 2. The number of anilines is 1. The summed E-state index contributed by atoms with van der Waals surface area (Å²) in [6, 6.07) is 11.4. The molecular formula is C38H48N2O5. The number of nitrogens with one attached hydrogen (secondary N) is 1. The minimum Gasteiger partial charge on any atom is -0.490 e. The zero-order valence-corrected chi connectivity index (χ0v) is 28.2. The summed E-state index contributed by atoms with van der Waals surface area (Å²) in [5, 5.41) is 2.90. The lowest BCUT2D eigenvalue weighted by Gasteiger charge is -2.49. The Balaban J connectivity index is 1.52. The van der Waals surface area contributed by atoms with Crippen molar-refractivity contribution < 1.29 is 23.9 Å².